The van der Waals surface area contributed by atoms with Crippen LogP contribution < -0.4 is 0 Å². The van der Waals surface area contributed by atoms with E-state index in [4.69, 9.17) is 23.2 Å². The van der Waals surface area contributed by atoms with Crippen molar-refractivity contribution in [3.8, 4) is 0 Å². The summed E-state index contributed by atoms with van der Waals surface area (Å²) >= 11 is 14.5. The van der Waals surface area contributed by atoms with Crippen molar-refractivity contribution in [3.63, 3.8) is 0 Å². The Morgan fingerprint density at radius 2 is 2.22 bits per heavy atom. The third-order valence-electron chi connectivity index (χ3n) is 0.811. The molecule has 0 aromatic carbocycles. The van der Waals surface area contributed by atoms with Crippen LogP contribution in [0, 0.1) is 0 Å². The third-order valence-corrected chi connectivity index (χ3v) is 3.73. The van der Waals surface area contributed by atoms with E-state index in [1.807, 2.05) is 6.26 Å². The number of hydrogen-bond acceptors (Lipinski definition) is 2. The first kappa shape index (κ1) is 7.73. The van der Waals surface area contributed by atoms with E-state index in [-0.39, 0.29) is 0 Å². The summed E-state index contributed by atoms with van der Waals surface area (Å²) in [5.41, 5.74) is 0. The summed E-state index contributed by atoms with van der Waals surface area (Å²) in [7, 11) is 0. The smallest absolute Gasteiger partial charge is 0.0955 e. The fourth-order valence-electron chi connectivity index (χ4n) is 0.464. The van der Waals surface area contributed by atoms with Crippen molar-refractivity contribution in [3.05, 3.63) is 15.4 Å². The molecule has 0 amide bonds. The molecule has 1 heterocycles. The lowest BCUT2D eigenvalue weighted by Crippen LogP contribution is -1.53. The predicted molar refractivity (Wildman–Crippen MR) is 46.1 cm³/mol. The third kappa shape index (κ3) is 1.77. The Labute approximate surface area is 72.2 Å². The second-order valence-electron chi connectivity index (χ2n) is 1.39. The highest BCUT2D eigenvalue weighted by Crippen LogP contribution is 2.36. The zero-order valence-corrected chi connectivity index (χ0v) is 7.79. The highest BCUT2D eigenvalue weighted by Gasteiger charge is 2.02. The highest BCUT2D eigenvalue weighted by atomic mass is 35.5. The van der Waals surface area contributed by atoms with Crippen molar-refractivity contribution in [2.45, 2.75) is 4.21 Å². The molecule has 0 saturated carbocycles. The monoisotopic (exact) mass is 198 g/mol. The number of thioether (sulfide) groups is 1. The van der Waals surface area contributed by atoms with Crippen LogP contribution in [-0.4, -0.2) is 6.26 Å². The summed E-state index contributed by atoms with van der Waals surface area (Å²) in [6, 6.07) is 1.76. The average Bonchev–Trinajstić information content (AvgIpc) is 2.10. The Morgan fingerprint density at radius 3 is 2.44 bits per heavy atom. The maximum atomic E-state index is 5.75. The zero-order valence-electron chi connectivity index (χ0n) is 4.65. The van der Waals surface area contributed by atoms with E-state index in [9.17, 15) is 0 Å². The van der Waals surface area contributed by atoms with Crippen LogP contribution in [-0.2, 0) is 0 Å². The molecule has 50 valence electrons. The molecule has 0 radical (unpaired) electrons. The molecule has 1 rings (SSSR count). The molecule has 1 aromatic heterocycles. The molecule has 0 aliphatic heterocycles. The van der Waals surface area contributed by atoms with Crippen molar-refractivity contribution in [2.75, 3.05) is 6.26 Å². The number of halogens is 2. The molecule has 0 spiro atoms. The first-order valence-electron chi connectivity index (χ1n) is 2.23. The first-order valence-corrected chi connectivity index (χ1v) is 5.02. The van der Waals surface area contributed by atoms with Crippen LogP contribution in [0.25, 0.3) is 0 Å². The van der Waals surface area contributed by atoms with Gasteiger partial charge in [0.25, 0.3) is 0 Å². The molecule has 4 heteroatoms. The minimum atomic E-state index is 0.754. The van der Waals surface area contributed by atoms with Gasteiger partial charge in [-0.25, -0.2) is 0 Å². The molecular formula is C5H4Cl2S2. The van der Waals surface area contributed by atoms with E-state index in [0.717, 1.165) is 13.6 Å². The van der Waals surface area contributed by atoms with Gasteiger partial charge in [0.2, 0.25) is 0 Å². The molecule has 0 N–H and O–H groups in total. The van der Waals surface area contributed by atoms with E-state index < -0.39 is 0 Å². The minimum absolute atomic E-state index is 0.754. The van der Waals surface area contributed by atoms with Crippen LogP contribution in [0.1, 0.15) is 0 Å². The quantitative estimate of drug-likeness (QED) is 0.620. The van der Waals surface area contributed by atoms with Crippen molar-refractivity contribution in [1.29, 1.82) is 0 Å². The molecule has 1 aromatic rings. The van der Waals surface area contributed by atoms with Gasteiger partial charge in [-0.1, -0.05) is 23.2 Å². The maximum Gasteiger partial charge on any atom is 0.0955 e. The van der Waals surface area contributed by atoms with Crippen LogP contribution >= 0.6 is 46.3 Å². The number of hydrogen-bond donors (Lipinski definition) is 0. The van der Waals surface area contributed by atoms with Crippen molar-refractivity contribution in [2.24, 2.45) is 0 Å². The van der Waals surface area contributed by atoms with Crippen molar-refractivity contribution >= 4 is 46.3 Å². The van der Waals surface area contributed by atoms with Gasteiger partial charge in [-0.3, -0.25) is 0 Å². The van der Waals surface area contributed by atoms with Gasteiger partial charge < -0.3 is 0 Å². The van der Waals surface area contributed by atoms with Gasteiger partial charge in [0.1, 0.15) is 0 Å². The first-order chi connectivity index (χ1) is 4.24. The summed E-state index contributed by atoms with van der Waals surface area (Å²) in [4.78, 5) is 0. The molecular weight excluding hydrogens is 195 g/mol. The van der Waals surface area contributed by atoms with E-state index in [2.05, 4.69) is 0 Å². The Hall–Kier alpha value is 0.630. The Morgan fingerprint density at radius 1 is 1.56 bits per heavy atom. The Kier molecular flexibility index (Phi) is 2.71. The molecule has 0 bridgehead atoms. The molecule has 0 aliphatic carbocycles. The molecule has 0 fully saturated rings. The van der Waals surface area contributed by atoms with Gasteiger partial charge in [-0.05, 0) is 12.3 Å². The molecule has 0 saturated heterocycles. The van der Waals surface area contributed by atoms with E-state index in [0.29, 0.717) is 0 Å². The van der Waals surface area contributed by atoms with Gasteiger partial charge in [0.05, 0.1) is 13.6 Å². The molecule has 0 nitrogen and oxygen atoms in total. The largest absolute Gasteiger partial charge is 0.117 e. The van der Waals surface area contributed by atoms with Gasteiger partial charge in [0, 0.05) is 0 Å². The Balaban J connectivity index is 3.01. The SMILES string of the molecule is CSc1sc(Cl)cc1Cl. The summed E-state index contributed by atoms with van der Waals surface area (Å²) in [6.07, 6.45) is 1.98. The van der Waals surface area contributed by atoms with E-state index >= 15 is 0 Å². The van der Waals surface area contributed by atoms with Gasteiger partial charge in [0.15, 0.2) is 0 Å². The summed E-state index contributed by atoms with van der Waals surface area (Å²) in [5, 5.41) is 0.762. The van der Waals surface area contributed by atoms with Crippen LogP contribution in [0.15, 0.2) is 10.3 Å². The van der Waals surface area contributed by atoms with E-state index in [1.165, 1.54) is 11.3 Å². The second kappa shape index (κ2) is 3.15. The molecule has 0 aliphatic rings. The second-order valence-corrected chi connectivity index (χ2v) is 4.56. The fourth-order valence-corrected chi connectivity index (χ4v) is 2.89. The summed E-state index contributed by atoms with van der Waals surface area (Å²) < 4.78 is 1.84. The standard InChI is InChI=1S/C5H4Cl2S2/c1-8-5-3(6)2-4(7)9-5/h2H,1H3. The van der Waals surface area contributed by atoms with Crippen LogP contribution in [0.3, 0.4) is 0 Å². The topological polar surface area (TPSA) is 0 Å². The van der Waals surface area contributed by atoms with E-state index in [1.54, 1.807) is 17.8 Å². The lowest BCUT2D eigenvalue weighted by molar-refractivity contribution is 1.74. The maximum absolute atomic E-state index is 5.75. The van der Waals surface area contributed by atoms with Crippen LogP contribution in [0.5, 0.6) is 0 Å². The summed E-state index contributed by atoms with van der Waals surface area (Å²) in [5.74, 6) is 0. The van der Waals surface area contributed by atoms with Gasteiger partial charge in [-0.15, -0.1) is 23.1 Å². The Bertz CT molecular complexity index is 207. The lowest BCUT2D eigenvalue weighted by atomic mass is 10.7. The van der Waals surface area contributed by atoms with Crippen LogP contribution in [0.4, 0.5) is 0 Å². The number of rotatable bonds is 1. The fraction of sp³-hybridized carbons (Fsp3) is 0.200. The number of thiophene rings is 1. The molecule has 0 unspecified atom stereocenters. The zero-order chi connectivity index (χ0) is 6.85. The van der Waals surface area contributed by atoms with Gasteiger partial charge in [-0.2, -0.15) is 0 Å². The minimum Gasteiger partial charge on any atom is -0.117 e. The molecule has 0 atom stereocenters. The normalized spacial score (nSPS) is 10.1. The summed E-state index contributed by atoms with van der Waals surface area (Å²) in [6.45, 7) is 0. The predicted octanol–water partition coefficient (Wildman–Crippen LogP) is 3.78. The van der Waals surface area contributed by atoms with Crippen molar-refractivity contribution < 1.29 is 0 Å². The lowest BCUT2D eigenvalue weighted by Gasteiger charge is -1.84. The highest BCUT2D eigenvalue weighted by molar-refractivity contribution is 8.00. The van der Waals surface area contributed by atoms with Crippen LogP contribution in [0.2, 0.25) is 9.36 Å². The van der Waals surface area contributed by atoms with Crippen molar-refractivity contribution in [1.82, 2.24) is 0 Å². The average molecular weight is 199 g/mol. The molecule has 9 heavy (non-hydrogen) atoms. The van der Waals surface area contributed by atoms with Gasteiger partial charge >= 0.3 is 0 Å².